The summed E-state index contributed by atoms with van der Waals surface area (Å²) in [6, 6.07) is 20.7. The van der Waals surface area contributed by atoms with Gasteiger partial charge in [0.25, 0.3) is 0 Å². The van der Waals surface area contributed by atoms with Crippen LogP contribution in [0.2, 0.25) is 0 Å². The van der Waals surface area contributed by atoms with Gasteiger partial charge in [-0.3, -0.25) is 4.98 Å². The lowest BCUT2D eigenvalue weighted by atomic mass is 9.62. The van der Waals surface area contributed by atoms with E-state index in [4.69, 9.17) is 9.97 Å². The van der Waals surface area contributed by atoms with Gasteiger partial charge in [-0.1, -0.05) is 85.7 Å². The molecule has 0 saturated heterocycles. The second kappa shape index (κ2) is 8.90. The number of nitrogens with zero attached hydrogens (tertiary/aromatic N) is 4. The van der Waals surface area contributed by atoms with E-state index >= 15 is 0 Å². The predicted molar refractivity (Wildman–Crippen MR) is 183 cm³/mol. The van der Waals surface area contributed by atoms with E-state index in [-0.39, 0.29) is 27.5 Å². The van der Waals surface area contributed by atoms with Crippen LogP contribution in [0.4, 0.5) is 0 Å². The molecule has 3 aromatic heterocycles. The van der Waals surface area contributed by atoms with Crippen molar-refractivity contribution in [3.8, 4) is 28.4 Å². The van der Waals surface area contributed by atoms with Crippen molar-refractivity contribution in [3.63, 3.8) is 0 Å². The van der Waals surface area contributed by atoms with Gasteiger partial charge in [0.15, 0.2) is 5.82 Å². The largest absolute Gasteiger partial charge is 0.507 e. The number of phenols is 1. The van der Waals surface area contributed by atoms with Crippen LogP contribution in [0, 0.1) is 0 Å². The van der Waals surface area contributed by atoms with E-state index in [0.717, 1.165) is 61.0 Å². The monoisotopic (exact) mass is 582 g/mol. The van der Waals surface area contributed by atoms with Crippen LogP contribution in [0.3, 0.4) is 0 Å². The first kappa shape index (κ1) is 28.5. The number of benzene rings is 3. The molecule has 1 aliphatic heterocycles. The lowest BCUT2D eigenvalue weighted by Crippen LogP contribution is -2.50. The van der Waals surface area contributed by atoms with Crippen LogP contribution in [0.25, 0.3) is 55.4 Å². The molecular formula is C39H42N4O. The van der Waals surface area contributed by atoms with Gasteiger partial charge in [0, 0.05) is 44.4 Å². The lowest BCUT2D eigenvalue weighted by molar-refractivity contribution is 0.198. The molecule has 224 valence electrons. The molecule has 0 spiro atoms. The Bertz CT molecular complexity index is 2150. The third kappa shape index (κ3) is 3.87. The van der Waals surface area contributed by atoms with E-state index in [1.807, 2.05) is 24.4 Å². The molecule has 6 aromatic rings. The fourth-order valence-electron chi connectivity index (χ4n) is 7.07. The molecule has 0 radical (unpaired) electrons. The average Bonchev–Trinajstić information content (AvgIpc) is 3.35. The van der Waals surface area contributed by atoms with Gasteiger partial charge in [-0.05, 0) is 66.3 Å². The van der Waals surface area contributed by atoms with Crippen molar-refractivity contribution >= 4 is 32.7 Å². The number of phenolic OH excluding ortho intramolecular Hbond substituents is 1. The molecule has 0 atom stereocenters. The topological polar surface area (TPSA) is 63.8 Å². The van der Waals surface area contributed by atoms with Gasteiger partial charge in [-0.25, -0.2) is 9.97 Å². The molecule has 0 unspecified atom stereocenters. The van der Waals surface area contributed by atoms with E-state index in [0.29, 0.717) is 0 Å². The van der Waals surface area contributed by atoms with Crippen molar-refractivity contribution in [2.24, 2.45) is 0 Å². The number of rotatable bonds is 1. The van der Waals surface area contributed by atoms with E-state index in [2.05, 4.69) is 115 Å². The van der Waals surface area contributed by atoms with Crippen LogP contribution in [-0.2, 0) is 21.8 Å². The number of pyridine rings is 2. The zero-order chi connectivity index (χ0) is 31.6. The molecule has 5 nitrogen and oxygen atoms in total. The molecular weight excluding hydrogens is 540 g/mol. The summed E-state index contributed by atoms with van der Waals surface area (Å²) >= 11 is 0. The molecule has 44 heavy (non-hydrogen) atoms. The quantitative estimate of drug-likeness (QED) is 0.196. The van der Waals surface area contributed by atoms with E-state index in [9.17, 15) is 5.11 Å². The van der Waals surface area contributed by atoms with Gasteiger partial charge in [-0.15, -0.1) is 0 Å². The van der Waals surface area contributed by atoms with Gasteiger partial charge < -0.3 is 9.67 Å². The number of fused-ring (bicyclic) bond motifs is 8. The Morgan fingerprint density at radius 3 is 2.23 bits per heavy atom. The fraction of sp³-hybridized carbons (Fsp3) is 0.359. The zero-order valence-electron chi connectivity index (χ0n) is 27.6. The van der Waals surface area contributed by atoms with Gasteiger partial charge in [0.05, 0.1) is 22.1 Å². The first-order chi connectivity index (χ1) is 20.5. The Balaban J connectivity index is 1.57. The van der Waals surface area contributed by atoms with Crippen molar-refractivity contribution in [1.82, 2.24) is 19.5 Å². The second-order valence-electron chi connectivity index (χ2n) is 15.6. The van der Waals surface area contributed by atoms with Crippen LogP contribution >= 0.6 is 0 Å². The predicted octanol–water partition coefficient (Wildman–Crippen LogP) is 9.79. The molecule has 5 heteroatoms. The summed E-state index contributed by atoms with van der Waals surface area (Å²) in [7, 11) is 0. The highest BCUT2D eigenvalue weighted by atomic mass is 16.3. The molecule has 0 aliphatic carbocycles. The Morgan fingerprint density at radius 1 is 0.795 bits per heavy atom. The van der Waals surface area contributed by atoms with E-state index in [1.54, 1.807) is 6.07 Å². The fourth-order valence-corrected chi connectivity index (χ4v) is 7.07. The third-order valence-corrected chi connectivity index (χ3v) is 10.2. The molecule has 0 bridgehead atoms. The maximum absolute atomic E-state index is 10.8. The number of hydrogen-bond donors (Lipinski definition) is 1. The molecule has 0 saturated carbocycles. The standard InChI is InChI=1S/C39H42N4O/c1-36(2,3)26-20-30(37(4,5)6)41-34-32(26)38(7,8)39(9,10)43-28-15-12-14-24(33(28)42-35(34)43)22-17-18-27-25(19-22)31-23(21-40-27)13-11-16-29(31)44/h11-21,44H,1-10H3. The maximum Gasteiger partial charge on any atom is 0.160 e. The van der Waals surface area contributed by atoms with Crippen LogP contribution in [0.15, 0.2) is 66.9 Å². The summed E-state index contributed by atoms with van der Waals surface area (Å²) in [5.74, 6) is 1.19. The first-order valence-electron chi connectivity index (χ1n) is 15.6. The lowest BCUT2D eigenvalue weighted by Gasteiger charge is -2.50. The Labute approximate surface area is 260 Å². The highest BCUT2D eigenvalue weighted by Crippen LogP contribution is 2.54. The summed E-state index contributed by atoms with van der Waals surface area (Å²) < 4.78 is 2.43. The SMILES string of the molecule is CC(C)(C)c1cc(C(C)(C)C)c2c(n1)-c1nc3c(-c4ccc5ncc6cccc(O)c6c5c4)cccc3n1C(C)(C)C2(C)C. The summed E-state index contributed by atoms with van der Waals surface area (Å²) in [5.41, 5.74) is 9.03. The summed E-state index contributed by atoms with van der Waals surface area (Å²) in [4.78, 5) is 15.6. The van der Waals surface area contributed by atoms with Crippen molar-refractivity contribution in [1.29, 1.82) is 0 Å². The van der Waals surface area contributed by atoms with Gasteiger partial charge in [-0.2, -0.15) is 0 Å². The van der Waals surface area contributed by atoms with E-state index in [1.165, 1.54) is 11.1 Å². The summed E-state index contributed by atoms with van der Waals surface area (Å²) in [6.07, 6.45) is 1.83. The highest BCUT2D eigenvalue weighted by Gasteiger charge is 2.50. The Kier molecular flexibility index (Phi) is 5.77. The number of para-hydroxylation sites is 1. The maximum atomic E-state index is 10.8. The first-order valence-corrected chi connectivity index (χ1v) is 15.6. The number of hydrogen-bond acceptors (Lipinski definition) is 4. The van der Waals surface area contributed by atoms with Crippen molar-refractivity contribution in [2.45, 2.75) is 91.0 Å². The summed E-state index contributed by atoms with van der Waals surface area (Å²) in [5, 5.41) is 13.5. The van der Waals surface area contributed by atoms with Crippen molar-refractivity contribution in [2.75, 3.05) is 0 Å². The highest BCUT2D eigenvalue weighted by molar-refractivity contribution is 6.10. The number of aromatic hydroxyl groups is 1. The van der Waals surface area contributed by atoms with Crippen LogP contribution < -0.4 is 0 Å². The normalized spacial score (nSPS) is 16.0. The Morgan fingerprint density at radius 2 is 1.52 bits per heavy atom. The molecule has 4 heterocycles. The van der Waals surface area contributed by atoms with E-state index < -0.39 is 0 Å². The molecule has 0 fully saturated rings. The minimum atomic E-state index is -0.289. The smallest absolute Gasteiger partial charge is 0.160 e. The molecule has 3 aromatic carbocycles. The number of imidazole rings is 1. The van der Waals surface area contributed by atoms with Crippen LogP contribution in [0.5, 0.6) is 5.75 Å². The number of aromatic nitrogens is 4. The molecule has 7 rings (SSSR count). The van der Waals surface area contributed by atoms with Crippen LogP contribution in [0.1, 0.15) is 86.1 Å². The minimum Gasteiger partial charge on any atom is -0.507 e. The van der Waals surface area contributed by atoms with Crippen LogP contribution in [-0.4, -0.2) is 24.6 Å². The molecule has 1 aliphatic rings. The second-order valence-corrected chi connectivity index (χ2v) is 15.6. The third-order valence-electron chi connectivity index (χ3n) is 10.2. The van der Waals surface area contributed by atoms with Gasteiger partial charge in [0.2, 0.25) is 0 Å². The Hall–Kier alpha value is -4.25. The summed E-state index contributed by atoms with van der Waals surface area (Å²) in [6.45, 7) is 23.1. The van der Waals surface area contributed by atoms with Crippen molar-refractivity contribution in [3.05, 3.63) is 83.7 Å². The zero-order valence-corrected chi connectivity index (χ0v) is 27.6. The van der Waals surface area contributed by atoms with Gasteiger partial charge in [0.1, 0.15) is 11.4 Å². The van der Waals surface area contributed by atoms with Gasteiger partial charge >= 0.3 is 0 Å². The average molecular weight is 583 g/mol. The molecule has 1 N–H and O–H groups in total. The minimum absolute atomic E-state index is 0.0623. The molecule has 0 amide bonds. The van der Waals surface area contributed by atoms with Crippen molar-refractivity contribution < 1.29 is 5.11 Å².